The third-order valence-corrected chi connectivity index (χ3v) is 4.37. The highest BCUT2D eigenvalue weighted by Gasteiger charge is 2.33. The third kappa shape index (κ3) is 3.94. The fourth-order valence-electron chi connectivity index (χ4n) is 3.04. The van der Waals surface area contributed by atoms with Crippen molar-refractivity contribution < 1.29 is 9.53 Å². The molecule has 1 heterocycles. The Balaban J connectivity index is 1.66. The molecular weight excluding hydrogens is 320 g/mol. The monoisotopic (exact) mass is 340 g/mol. The van der Waals surface area contributed by atoms with Gasteiger partial charge in [-0.15, -0.1) is 10.2 Å². The predicted molar refractivity (Wildman–Crippen MR) is 89.4 cm³/mol. The number of hydrogen-bond donors (Lipinski definition) is 1. The molecule has 8 heteroatoms. The number of nitriles is 1. The van der Waals surface area contributed by atoms with E-state index in [0.29, 0.717) is 24.4 Å². The van der Waals surface area contributed by atoms with E-state index in [2.05, 4.69) is 26.8 Å². The summed E-state index contributed by atoms with van der Waals surface area (Å²) < 4.78 is 5.18. The number of aromatic nitrogens is 4. The number of methoxy groups -OCH3 is 1. The van der Waals surface area contributed by atoms with Crippen molar-refractivity contribution in [2.24, 2.45) is 0 Å². The van der Waals surface area contributed by atoms with E-state index in [1.807, 2.05) is 18.2 Å². The number of hydrogen-bond acceptors (Lipinski definition) is 6. The average Bonchev–Trinajstić information content (AvgIpc) is 3.11. The lowest BCUT2D eigenvalue weighted by Gasteiger charge is -2.31. The zero-order valence-electron chi connectivity index (χ0n) is 14.1. The molecule has 1 N–H and O–H groups in total. The second-order valence-electron chi connectivity index (χ2n) is 6.18. The van der Waals surface area contributed by atoms with E-state index in [0.717, 1.165) is 24.8 Å². The summed E-state index contributed by atoms with van der Waals surface area (Å²) >= 11 is 0. The number of carbonyl (C=O) groups excluding carboxylic acids is 1. The Morgan fingerprint density at radius 1 is 1.40 bits per heavy atom. The van der Waals surface area contributed by atoms with E-state index in [9.17, 15) is 10.1 Å². The van der Waals surface area contributed by atoms with Crippen molar-refractivity contribution in [3.05, 3.63) is 24.3 Å². The molecule has 8 nitrogen and oxygen atoms in total. The van der Waals surface area contributed by atoms with Crippen molar-refractivity contribution >= 4 is 5.91 Å². The predicted octanol–water partition coefficient (Wildman–Crippen LogP) is 1.69. The van der Waals surface area contributed by atoms with Crippen molar-refractivity contribution in [1.29, 1.82) is 5.26 Å². The normalized spacial score (nSPS) is 16.0. The van der Waals surface area contributed by atoms with Crippen LogP contribution in [0.2, 0.25) is 0 Å². The summed E-state index contributed by atoms with van der Waals surface area (Å²) in [6.07, 6.45) is 4.39. The van der Waals surface area contributed by atoms with Crippen LogP contribution in [0.25, 0.3) is 11.4 Å². The maximum atomic E-state index is 12.3. The molecule has 0 atom stereocenters. The third-order valence-electron chi connectivity index (χ3n) is 4.37. The van der Waals surface area contributed by atoms with E-state index >= 15 is 0 Å². The molecule has 1 aromatic heterocycles. The topological polar surface area (TPSA) is 106 Å². The smallest absolute Gasteiger partial charge is 0.244 e. The van der Waals surface area contributed by atoms with E-state index in [4.69, 9.17) is 4.74 Å². The minimum Gasteiger partial charge on any atom is -0.497 e. The van der Waals surface area contributed by atoms with E-state index < -0.39 is 5.54 Å². The van der Waals surface area contributed by atoms with E-state index in [1.165, 1.54) is 4.80 Å². The molecule has 0 radical (unpaired) electrons. The van der Waals surface area contributed by atoms with Crippen LogP contribution in [0.5, 0.6) is 5.75 Å². The fraction of sp³-hybridized carbons (Fsp3) is 0.471. The summed E-state index contributed by atoms with van der Waals surface area (Å²) in [4.78, 5) is 13.5. The zero-order valence-corrected chi connectivity index (χ0v) is 14.1. The lowest BCUT2D eigenvalue weighted by molar-refractivity contribution is -0.123. The van der Waals surface area contributed by atoms with Crippen LogP contribution in [0.3, 0.4) is 0 Å². The van der Waals surface area contributed by atoms with Gasteiger partial charge in [-0.1, -0.05) is 31.4 Å². The maximum Gasteiger partial charge on any atom is 0.244 e. The van der Waals surface area contributed by atoms with Crippen LogP contribution in [0.15, 0.2) is 24.3 Å². The summed E-state index contributed by atoms with van der Waals surface area (Å²) in [7, 11) is 1.59. The van der Waals surface area contributed by atoms with Crippen molar-refractivity contribution in [3.8, 4) is 23.2 Å². The number of ether oxygens (including phenoxy) is 1. The Kier molecular flexibility index (Phi) is 4.93. The Morgan fingerprint density at radius 2 is 2.20 bits per heavy atom. The highest BCUT2D eigenvalue weighted by molar-refractivity contribution is 5.77. The first-order valence-electron chi connectivity index (χ1n) is 8.29. The molecule has 0 unspecified atom stereocenters. The van der Waals surface area contributed by atoms with Gasteiger partial charge in [0.1, 0.15) is 17.8 Å². The first kappa shape index (κ1) is 16.9. The molecule has 1 saturated carbocycles. The zero-order chi connectivity index (χ0) is 17.7. The first-order valence-corrected chi connectivity index (χ1v) is 8.29. The highest BCUT2D eigenvalue weighted by atomic mass is 16.5. The molecule has 0 spiro atoms. The molecule has 0 saturated heterocycles. The Hall–Kier alpha value is -2.95. The summed E-state index contributed by atoms with van der Waals surface area (Å²) in [5.74, 6) is 0.831. The van der Waals surface area contributed by atoms with Crippen LogP contribution in [-0.2, 0) is 11.3 Å². The van der Waals surface area contributed by atoms with Gasteiger partial charge in [0.15, 0.2) is 0 Å². The summed E-state index contributed by atoms with van der Waals surface area (Å²) in [5, 5.41) is 24.4. The Morgan fingerprint density at radius 3 is 2.92 bits per heavy atom. The lowest BCUT2D eigenvalue weighted by atomic mass is 9.83. The Labute approximate surface area is 145 Å². The van der Waals surface area contributed by atoms with Gasteiger partial charge in [-0.2, -0.15) is 10.1 Å². The summed E-state index contributed by atoms with van der Waals surface area (Å²) in [6.45, 7) is -0.0690. The maximum absolute atomic E-state index is 12.3. The molecule has 25 heavy (non-hydrogen) atoms. The molecule has 0 aliphatic heterocycles. The van der Waals surface area contributed by atoms with Gasteiger partial charge >= 0.3 is 0 Å². The highest BCUT2D eigenvalue weighted by Crippen LogP contribution is 2.27. The van der Waals surface area contributed by atoms with Gasteiger partial charge in [0.2, 0.25) is 11.7 Å². The second kappa shape index (κ2) is 7.30. The van der Waals surface area contributed by atoms with Gasteiger partial charge in [0.25, 0.3) is 0 Å². The molecule has 1 amide bonds. The molecule has 130 valence electrons. The quantitative estimate of drug-likeness (QED) is 0.888. The number of carbonyl (C=O) groups is 1. The lowest BCUT2D eigenvalue weighted by Crippen LogP contribution is -2.49. The van der Waals surface area contributed by atoms with Crippen molar-refractivity contribution in [1.82, 2.24) is 25.5 Å². The van der Waals surface area contributed by atoms with Crippen molar-refractivity contribution in [2.75, 3.05) is 7.11 Å². The number of nitrogens with one attached hydrogen (secondary N) is 1. The van der Waals surface area contributed by atoms with Crippen LogP contribution >= 0.6 is 0 Å². The van der Waals surface area contributed by atoms with Crippen molar-refractivity contribution in [2.45, 2.75) is 44.2 Å². The van der Waals surface area contributed by atoms with Crippen LogP contribution in [0.1, 0.15) is 32.1 Å². The van der Waals surface area contributed by atoms with Gasteiger partial charge in [-0.05, 0) is 30.2 Å². The summed E-state index contributed by atoms with van der Waals surface area (Å²) in [6, 6.07) is 9.57. The number of nitrogens with zero attached hydrogens (tertiary/aromatic N) is 5. The molecule has 3 rings (SSSR count). The van der Waals surface area contributed by atoms with Gasteiger partial charge in [-0.3, -0.25) is 4.79 Å². The molecule has 1 aliphatic carbocycles. The van der Waals surface area contributed by atoms with E-state index in [1.54, 1.807) is 13.2 Å². The average molecular weight is 340 g/mol. The Bertz CT molecular complexity index is 788. The standard InChI is InChI=1S/C17H20N6O2/c1-25-14-7-5-6-13(10-14)16-20-22-23(21-16)11-15(24)19-17(12-18)8-3-2-4-9-17/h5-7,10H,2-4,8-9,11H2,1H3,(H,19,24). The number of amides is 1. The van der Waals surface area contributed by atoms with Crippen LogP contribution in [0, 0.1) is 11.3 Å². The van der Waals surface area contributed by atoms with E-state index in [-0.39, 0.29) is 12.5 Å². The minimum absolute atomic E-state index is 0.0690. The number of tetrazole rings is 1. The van der Waals surface area contributed by atoms with Crippen LogP contribution < -0.4 is 10.1 Å². The SMILES string of the molecule is COc1cccc(-c2nnn(CC(=O)NC3(C#N)CCCCC3)n2)c1. The molecule has 1 aliphatic rings. The van der Waals surface area contributed by atoms with Gasteiger partial charge in [0, 0.05) is 5.56 Å². The van der Waals surface area contributed by atoms with Gasteiger partial charge < -0.3 is 10.1 Å². The van der Waals surface area contributed by atoms with Crippen LogP contribution in [-0.4, -0.2) is 38.8 Å². The second-order valence-corrected chi connectivity index (χ2v) is 6.18. The molecule has 1 aromatic carbocycles. The van der Waals surface area contributed by atoms with Gasteiger partial charge in [-0.25, -0.2) is 0 Å². The minimum atomic E-state index is -0.758. The molecule has 2 aromatic rings. The first-order chi connectivity index (χ1) is 12.1. The molecule has 0 bridgehead atoms. The van der Waals surface area contributed by atoms with Crippen LogP contribution in [0.4, 0.5) is 0 Å². The molecular formula is C17H20N6O2. The number of rotatable bonds is 5. The van der Waals surface area contributed by atoms with Crippen molar-refractivity contribution in [3.63, 3.8) is 0 Å². The number of benzene rings is 1. The molecule has 1 fully saturated rings. The fourth-order valence-corrected chi connectivity index (χ4v) is 3.04. The summed E-state index contributed by atoms with van der Waals surface area (Å²) in [5.41, 5.74) is -0.00211. The van der Waals surface area contributed by atoms with Gasteiger partial charge in [0.05, 0.1) is 13.2 Å². The largest absolute Gasteiger partial charge is 0.497 e.